The minimum absolute atomic E-state index is 0.346. The van der Waals surface area contributed by atoms with Crippen molar-refractivity contribution in [2.45, 2.75) is 32.7 Å². The molecule has 1 fully saturated rings. The maximum atomic E-state index is 12.5. The molecule has 0 unspecified atom stereocenters. The van der Waals surface area contributed by atoms with E-state index >= 15 is 0 Å². The predicted molar refractivity (Wildman–Crippen MR) is 99.6 cm³/mol. The third-order valence-electron chi connectivity index (χ3n) is 5.10. The number of ketones is 1. The van der Waals surface area contributed by atoms with Gasteiger partial charge < -0.3 is 9.47 Å². The fourth-order valence-electron chi connectivity index (χ4n) is 3.56. The van der Waals surface area contributed by atoms with Crippen LogP contribution in [0.3, 0.4) is 0 Å². The van der Waals surface area contributed by atoms with Crippen molar-refractivity contribution in [2.24, 2.45) is 11.8 Å². The van der Waals surface area contributed by atoms with Crippen molar-refractivity contribution in [1.29, 1.82) is 0 Å². The summed E-state index contributed by atoms with van der Waals surface area (Å²) in [6, 6.07) is 5.46. The van der Waals surface area contributed by atoms with Gasteiger partial charge in [-0.15, -0.1) is 0 Å². The van der Waals surface area contributed by atoms with Crippen LogP contribution in [0.4, 0.5) is 0 Å². The van der Waals surface area contributed by atoms with Crippen molar-refractivity contribution < 1.29 is 28.7 Å². The number of carbonyl (C=O) groups is 4. The van der Waals surface area contributed by atoms with Gasteiger partial charge in [-0.25, -0.2) is 4.79 Å². The Morgan fingerprint density at radius 3 is 2.18 bits per heavy atom. The van der Waals surface area contributed by atoms with Crippen LogP contribution in [-0.2, 0) is 19.1 Å². The molecule has 0 aromatic heterocycles. The van der Waals surface area contributed by atoms with Gasteiger partial charge in [-0.2, -0.15) is 0 Å². The molecule has 1 aliphatic heterocycles. The number of imide groups is 1. The van der Waals surface area contributed by atoms with Crippen molar-refractivity contribution in [3.63, 3.8) is 0 Å². The van der Waals surface area contributed by atoms with Crippen molar-refractivity contribution >= 4 is 23.6 Å². The van der Waals surface area contributed by atoms with E-state index in [9.17, 15) is 19.2 Å². The zero-order valence-corrected chi connectivity index (χ0v) is 15.9. The van der Waals surface area contributed by atoms with Crippen LogP contribution in [-0.4, -0.2) is 47.7 Å². The monoisotopic (exact) mass is 385 g/mol. The topological polar surface area (TPSA) is 90.0 Å². The van der Waals surface area contributed by atoms with Gasteiger partial charge in [0, 0.05) is 5.56 Å². The van der Waals surface area contributed by atoms with Crippen molar-refractivity contribution in [3.8, 4) is 5.75 Å². The summed E-state index contributed by atoms with van der Waals surface area (Å²) in [5.41, 5.74) is 0.384. The van der Waals surface area contributed by atoms with Crippen molar-refractivity contribution in [2.75, 3.05) is 13.2 Å². The summed E-state index contributed by atoms with van der Waals surface area (Å²) in [7, 11) is 0. The molecule has 0 spiro atoms. The third-order valence-corrected chi connectivity index (χ3v) is 5.10. The SMILES string of the molecule is CCOc1ccc(C(=O)COC(=O)[C@H](C)N2C(=O)[C@H]3CC=CC[C@H]3C2=O)cc1. The average molecular weight is 385 g/mol. The van der Waals surface area contributed by atoms with E-state index in [1.807, 2.05) is 19.1 Å². The minimum Gasteiger partial charge on any atom is -0.494 e. The Morgan fingerprint density at radius 2 is 1.64 bits per heavy atom. The first-order valence-corrected chi connectivity index (χ1v) is 9.38. The second-order valence-corrected chi connectivity index (χ2v) is 6.87. The number of likely N-dealkylation sites (tertiary alicyclic amines) is 1. The number of ether oxygens (including phenoxy) is 2. The summed E-state index contributed by atoms with van der Waals surface area (Å²) < 4.78 is 10.4. The van der Waals surface area contributed by atoms with Gasteiger partial charge in [0.1, 0.15) is 11.8 Å². The molecule has 3 atom stereocenters. The van der Waals surface area contributed by atoms with Gasteiger partial charge >= 0.3 is 5.97 Å². The third kappa shape index (κ3) is 3.83. The van der Waals surface area contributed by atoms with Gasteiger partial charge in [0.15, 0.2) is 12.4 Å². The smallest absolute Gasteiger partial charge is 0.329 e. The van der Waals surface area contributed by atoms with E-state index in [0.717, 1.165) is 4.90 Å². The molecule has 0 N–H and O–H groups in total. The number of esters is 1. The molecule has 0 saturated carbocycles. The lowest BCUT2D eigenvalue weighted by Gasteiger charge is -2.21. The van der Waals surface area contributed by atoms with E-state index in [1.54, 1.807) is 24.3 Å². The number of amides is 2. The summed E-state index contributed by atoms with van der Waals surface area (Å²) in [5.74, 6) is -2.00. The largest absolute Gasteiger partial charge is 0.494 e. The molecule has 2 amide bonds. The van der Waals surface area contributed by atoms with Crippen LogP contribution in [0.15, 0.2) is 36.4 Å². The molecule has 0 radical (unpaired) electrons. The highest BCUT2D eigenvalue weighted by atomic mass is 16.5. The molecule has 1 aliphatic carbocycles. The van der Waals surface area contributed by atoms with Crippen LogP contribution in [0.5, 0.6) is 5.75 Å². The first kappa shape index (κ1) is 19.8. The first-order chi connectivity index (χ1) is 13.4. The molecule has 148 valence electrons. The Hall–Kier alpha value is -2.96. The number of hydrogen-bond donors (Lipinski definition) is 0. The van der Waals surface area contributed by atoms with Gasteiger partial charge in [0.25, 0.3) is 0 Å². The number of hydrogen-bond acceptors (Lipinski definition) is 6. The Morgan fingerprint density at radius 1 is 1.07 bits per heavy atom. The van der Waals surface area contributed by atoms with E-state index < -0.39 is 30.5 Å². The maximum Gasteiger partial charge on any atom is 0.329 e. The molecule has 0 bridgehead atoms. The minimum atomic E-state index is -1.06. The van der Waals surface area contributed by atoms with Crippen molar-refractivity contribution in [1.82, 2.24) is 4.90 Å². The lowest BCUT2D eigenvalue weighted by atomic mass is 9.85. The number of Topliss-reactive ketones (excluding diaryl/α,β-unsaturated/α-hetero) is 1. The second kappa shape index (κ2) is 8.37. The van der Waals surface area contributed by atoms with E-state index in [1.165, 1.54) is 6.92 Å². The molecule has 1 saturated heterocycles. The zero-order valence-electron chi connectivity index (χ0n) is 15.9. The van der Waals surface area contributed by atoms with E-state index in [0.29, 0.717) is 30.8 Å². The number of carbonyl (C=O) groups excluding carboxylic acids is 4. The van der Waals surface area contributed by atoms with Crippen molar-refractivity contribution in [3.05, 3.63) is 42.0 Å². The number of allylic oxidation sites excluding steroid dienone is 2. The lowest BCUT2D eigenvalue weighted by molar-refractivity contribution is -0.157. The van der Waals surface area contributed by atoms with E-state index in [2.05, 4.69) is 0 Å². The summed E-state index contributed by atoms with van der Waals surface area (Å²) in [6.07, 6.45) is 4.77. The second-order valence-electron chi connectivity index (χ2n) is 6.87. The molecule has 1 aromatic rings. The summed E-state index contributed by atoms with van der Waals surface area (Å²) in [6.45, 7) is 3.38. The quantitative estimate of drug-likeness (QED) is 0.309. The summed E-state index contributed by atoms with van der Waals surface area (Å²) in [5, 5.41) is 0. The normalized spacial score (nSPS) is 22.0. The fraction of sp³-hybridized carbons (Fsp3) is 0.429. The van der Waals surface area contributed by atoms with E-state index in [-0.39, 0.29) is 17.6 Å². The Balaban J connectivity index is 1.57. The van der Waals surface area contributed by atoms with Crippen LogP contribution >= 0.6 is 0 Å². The Labute approximate surface area is 163 Å². The molecular weight excluding hydrogens is 362 g/mol. The van der Waals surface area contributed by atoms with Crippen LogP contribution < -0.4 is 4.74 Å². The standard InChI is InChI=1S/C21H23NO6/c1-3-27-15-10-8-14(9-11-15)18(23)12-28-21(26)13(2)22-19(24)16-6-4-5-7-17(16)20(22)25/h4-5,8-11,13,16-17H,3,6-7,12H2,1-2H3/t13-,16-,17+/m0/s1. The summed E-state index contributed by atoms with van der Waals surface area (Å²) >= 11 is 0. The molecule has 3 rings (SSSR count). The van der Waals surface area contributed by atoms with Gasteiger partial charge in [0.2, 0.25) is 11.8 Å². The number of nitrogens with zero attached hydrogens (tertiary/aromatic N) is 1. The highest BCUT2D eigenvalue weighted by Gasteiger charge is 2.50. The molecule has 1 aromatic carbocycles. The number of fused-ring (bicyclic) bond motifs is 1. The highest BCUT2D eigenvalue weighted by Crippen LogP contribution is 2.36. The van der Waals surface area contributed by atoms with E-state index in [4.69, 9.17) is 9.47 Å². The maximum absolute atomic E-state index is 12.5. The highest BCUT2D eigenvalue weighted by molar-refractivity contribution is 6.08. The fourth-order valence-corrected chi connectivity index (χ4v) is 3.56. The number of rotatable bonds is 7. The first-order valence-electron chi connectivity index (χ1n) is 9.38. The Bertz CT molecular complexity index is 787. The molecule has 2 aliphatic rings. The van der Waals surface area contributed by atoms with Gasteiger partial charge in [0.05, 0.1) is 18.4 Å². The van der Waals surface area contributed by atoms with Crippen LogP contribution in [0.25, 0.3) is 0 Å². The number of benzene rings is 1. The Kier molecular flexibility index (Phi) is 5.92. The van der Waals surface area contributed by atoms with Crippen LogP contribution in [0, 0.1) is 11.8 Å². The predicted octanol–water partition coefficient (Wildman–Crippen LogP) is 2.15. The zero-order chi connectivity index (χ0) is 20.3. The molecule has 1 heterocycles. The summed E-state index contributed by atoms with van der Waals surface area (Å²) in [4.78, 5) is 50.6. The molecule has 7 heteroatoms. The van der Waals surface area contributed by atoms with Crippen LogP contribution in [0.1, 0.15) is 37.0 Å². The van der Waals surface area contributed by atoms with Gasteiger partial charge in [-0.05, 0) is 51.0 Å². The average Bonchev–Trinajstić information content (AvgIpc) is 2.97. The molecule has 28 heavy (non-hydrogen) atoms. The van der Waals surface area contributed by atoms with Gasteiger partial charge in [-0.1, -0.05) is 12.2 Å². The molecular formula is C21H23NO6. The van der Waals surface area contributed by atoms with Gasteiger partial charge in [-0.3, -0.25) is 19.3 Å². The molecule has 7 nitrogen and oxygen atoms in total. The lowest BCUT2D eigenvalue weighted by Crippen LogP contribution is -2.44. The van der Waals surface area contributed by atoms with Crippen LogP contribution in [0.2, 0.25) is 0 Å².